The number of urea groups is 1. The molecule has 0 spiro atoms. The molecule has 0 saturated carbocycles. The molecule has 0 saturated heterocycles. The summed E-state index contributed by atoms with van der Waals surface area (Å²) >= 11 is 0. The predicted octanol–water partition coefficient (Wildman–Crippen LogP) is 0.404. The van der Waals surface area contributed by atoms with Crippen LogP contribution < -0.4 is 10.6 Å². The third-order valence-electron chi connectivity index (χ3n) is 2.90. The van der Waals surface area contributed by atoms with E-state index in [1.807, 2.05) is 13.8 Å². The van der Waals surface area contributed by atoms with Crippen LogP contribution in [-0.2, 0) is 18.3 Å². The molecule has 1 atom stereocenters. The van der Waals surface area contributed by atoms with Crippen LogP contribution in [0.1, 0.15) is 26.1 Å². The molecule has 0 radical (unpaired) electrons. The van der Waals surface area contributed by atoms with Crippen molar-refractivity contribution in [1.82, 2.24) is 25.4 Å². The summed E-state index contributed by atoms with van der Waals surface area (Å²) in [6.07, 6.45) is 2.66. The minimum absolute atomic E-state index is 0.126. The number of nitrogens with one attached hydrogen (secondary N) is 2. The summed E-state index contributed by atoms with van der Waals surface area (Å²) in [4.78, 5) is 26.7. The summed E-state index contributed by atoms with van der Waals surface area (Å²) in [5, 5.41) is 18.4. The SMILES string of the molecule is CC(C)CC(CNC(=O)NCCc1ncn(C)n1)C(=O)O. The summed E-state index contributed by atoms with van der Waals surface area (Å²) in [6, 6.07) is -0.374. The number of carboxylic acids is 1. The van der Waals surface area contributed by atoms with E-state index in [0.29, 0.717) is 25.2 Å². The summed E-state index contributed by atoms with van der Waals surface area (Å²) in [7, 11) is 1.78. The first-order valence-corrected chi connectivity index (χ1v) is 6.97. The minimum atomic E-state index is -0.887. The fourth-order valence-electron chi connectivity index (χ4n) is 1.91. The van der Waals surface area contributed by atoms with Gasteiger partial charge in [0.1, 0.15) is 6.33 Å². The number of rotatable bonds is 8. The highest BCUT2D eigenvalue weighted by Crippen LogP contribution is 2.10. The number of aryl methyl sites for hydroxylation is 1. The maximum atomic E-state index is 11.6. The molecule has 8 heteroatoms. The van der Waals surface area contributed by atoms with Crippen LogP contribution in [0.15, 0.2) is 6.33 Å². The van der Waals surface area contributed by atoms with Gasteiger partial charge in [-0.15, -0.1) is 0 Å². The molecule has 118 valence electrons. The molecule has 2 amide bonds. The highest BCUT2D eigenvalue weighted by Gasteiger charge is 2.19. The Morgan fingerprint density at radius 1 is 1.38 bits per heavy atom. The molecule has 1 heterocycles. The number of amides is 2. The largest absolute Gasteiger partial charge is 0.481 e. The van der Waals surface area contributed by atoms with Crippen LogP contribution in [0, 0.1) is 11.8 Å². The number of carbonyl (C=O) groups is 2. The quantitative estimate of drug-likeness (QED) is 0.643. The first kappa shape index (κ1) is 16.9. The molecular weight excluding hydrogens is 274 g/mol. The van der Waals surface area contributed by atoms with Gasteiger partial charge in [0.25, 0.3) is 0 Å². The lowest BCUT2D eigenvalue weighted by atomic mass is 9.97. The number of carboxylic acid groups (broad SMARTS) is 1. The fourth-order valence-corrected chi connectivity index (χ4v) is 1.91. The van der Waals surface area contributed by atoms with Gasteiger partial charge in [-0.2, -0.15) is 5.10 Å². The zero-order valence-corrected chi connectivity index (χ0v) is 12.7. The summed E-state index contributed by atoms with van der Waals surface area (Å²) in [6.45, 7) is 4.44. The molecule has 8 nitrogen and oxygen atoms in total. The van der Waals surface area contributed by atoms with Crippen molar-refractivity contribution in [3.8, 4) is 0 Å². The van der Waals surface area contributed by atoms with E-state index in [-0.39, 0.29) is 18.5 Å². The van der Waals surface area contributed by atoms with E-state index in [1.165, 1.54) is 0 Å². The first-order valence-electron chi connectivity index (χ1n) is 6.97. The molecule has 1 rings (SSSR count). The maximum absolute atomic E-state index is 11.6. The number of aliphatic carboxylic acids is 1. The van der Waals surface area contributed by atoms with Crippen LogP contribution in [0.2, 0.25) is 0 Å². The average Bonchev–Trinajstić information content (AvgIpc) is 2.79. The molecule has 3 N–H and O–H groups in total. The van der Waals surface area contributed by atoms with Gasteiger partial charge in [-0.25, -0.2) is 9.78 Å². The second-order valence-electron chi connectivity index (χ2n) is 5.39. The Kier molecular flexibility index (Phi) is 6.64. The number of hydrogen-bond donors (Lipinski definition) is 3. The van der Waals surface area contributed by atoms with Gasteiger partial charge < -0.3 is 15.7 Å². The zero-order valence-electron chi connectivity index (χ0n) is 12.7. The van der Waals surface area contributed by atoms with Crippen molar-refractivity contribution in [2.24, 2.45) is 18.9 Å². The summed E-state index contributed by atoms with van der Waals surface area (Å²) in [5.41, 5.74) is 0. The van der Waals surface area contributed by atoms with Crippen LogP contribution in [0.3, 0.4) is 0 Å². The molecule has 1 aromatic rings. The van der Waals surface area contributed by atoms with E-state index >= 15 is 0 Å². The monoisotopic (exact) mass is 297 g/mol. The van der Waals surface area contributed by atoms with E-state index in [0.717, 1.165) is 0 Å². The van der Waals surface area contributed by atoms with E-state index in [9.17, 15) is 9.59 Å². The lowest BCUT2D eigenvalue weighted by Gasteiger charge is -2.15. The average molecular weight is 297 g/mol. The normalized spacial score (nSPS) is 12.2. The van der Waals surface area contributed by atoms with Gasteiger partial charge in [0.05, 0.1) is 5.92 Å². The number of carbonyl (C=O) groups excluding carboxylic acids is 1. The molecule has 0 aromatic carbocycles. The Hall–Kier alpha value is -2.12. The van der Waals surface area contributed by atoms with Gasteiger partial charge in [-0.1, -0.05) is 13.8 Å². The van der Waals surface area contributed by atoms with Gasteiger partial charge in [0.2, 0.25) is 0 Å². The Labute approximate surface area is 123 Å². The molecule has 0 aliphatic rings. The molecule has 1 unspecified atom stereocenters. The van der Waals surface area contributed by atoms with Crippen molar-refractivity contribution in [3.63, 3.8) is 0 Å². The van der Waals surface area contributed by atoms with Gasteiger partial charge in [-0.3, -0.25) is 9.48 Å². The van der Waals surface area contributed by atoms with E-state index in [2.05, 4.69) is 20.7 Å². The van der Waals surface area contributed by atoms with Crippen molar-refractivity contribution in [1.29, 1.82) is 0 Å². The Balaban J connectivity index is 2.24. The van der Waals surface area contributed by atoms with Crippen LogP contribution in [0.5, 0.6) is 0 Å². The van der Waals surface area contributed by atoms with Crippen LogP contribution in [0.4, 0.5) is 4.79 Å². The molecule has 1 aromatic heterocycles. The smallest absolute Gasteiger partial charge is 0.314 e. The van der Waals surface area contributed by atoms with Crippen LogP contribution >= 0.6 is 0 Å². The number of nitrogens with zero attached hydrogens (tertiary/aromatic N) is 3. The minimum Gasteiger partial charge on any atom is -0.481 e. The van der Waals surface area contributed by atoms with E-state index in [1.54, 1.807) is 18.1 Å². The van der Waals surface area contributed by atoms with E-state index in [4.69, 9.17) is 5.11 Å². The highest BCUT2D eigenvalue weighted by atomic mass is 16.4. The van der Waals surface area contributed by atoms with Gasteiger partial charge in [0.15, 0.2) is 5.82 Å². The second kappa shape index (κ2) is 8.23. The van der Waals surface area contributed by atoms with Crippen molar-refractivity contribution >= 4 is 12.0 Å². The van der Waals surface area contributed by atoms with Gasteiger partial charge in [0, 0.05) is 26.6 Å². The lowest BCUT2D eigenvalue weighted by molar-refractivity contribution is -0.142. The topological polar surface area (TPSA) is 109 Å². The maximum Gasteiger partial charge on any atom is 0.314 e. The molecule has 0 aliphatic carbocycles. The van der Waals surface area contributed by atoms with Crippen molar-refractivity contribution in [2.75, 3.05) is 13.1 Å². The predicted molar refractivity (Wildman–Crippen MR) is 76.7 cm³/mol. The fraction of sp³-hybridized carbons (Fsp3) is 0.692. The third-order valence-corrected chi connectivity index (χ3v) is 2.90. The molecule has 21 heavy (non-hydrogen) atoms. The Morgan fingerprint density at radius 3 is 2.62 bits per heavy atom. The molecule has 0 fully saturated rings. The zero-order chi connectivity index (χ0) is 15.8. The van der Waals surface area contributed by atoms with E-state index < -0.39 is 11.9 Å². The Bertz CT molecular complexity index is 472. The standard InChI is InChI=1S/C13H23N5O3/c1-9(2)6-10(12(19)20)7-15-13(21)14-5-4-11-16-8-18(3)17-11/h8-10H,4-7H2,1-3H3,(H,19,20)(H2,14,15,21). The summed E-state index contributed by atoms with van der Waals surface area (Å²) in [5.74, 6) is -0.526. The molecule has 0 bridgehead atoms. The van der Waals surface area contributed by atoms with Crippen LogP contribution in [0.25, 0.3) is 0 Å². The van der Waals surface area contributed by atoms with Gasteiger partial charge in [-0.05, 0) is 12.3 Å². The second-order valence-corrected chi connectivity index (χ2v) is 5.39. The van der Waals surface area contributed by atoms with Gasteiger partial charge >= 0.3 is 12.0 Å². The third kappa shape index (κ3) is 6.73. The molecular formula is C13H23N5O3. The molecule has 0 aliphatic heterocycles. The van der Waals surface area contributed by atoms with Crippen molar-refractivity contribution in [3.05, 3.63) is 12.2 Å². The van der Waals surface area contributed by atoms with Crippen molar-refractivity contribution < 1.29 is 14.7 Å². The highest BCUT2D eigenvalue weighted by molar-refractivity contribution is 5.75. The lowest BCUT2D eigenvalue weighted by Crippen LogP contribution is -2.41. The van der Waals surface area contributed by atoms with Crippen LogP contribution in [-0.4, -0.2) is 45.0 Å². The first-order chi connectivity index (χ1) is 9.88. The Morgan fingerprint density at radius 2 is 2.10 bits per heavy atom. The van der Waals surface area contributed by atoms with Crippen molar-refractivity contribution in [2.45, 2.75) is 26.7 Å². The summed E-state index contributed by atoms with van der Waals surface area (Å²) < 4.78 is 1.60. The number of hydrogen-bond acceptors (Lipinski definition) is 4. The number of aromatic nitrogens is 3.